The lowest BCUT2D eigenvalue weighted by Crippen LogP contribution is -2.50. The van der Waals surface area contributed by atoms with Gasteiger partial charge >= 0.3 is 5.97 Å². The fourth-order valence-corrected chi connectivity index (χ4v) is 0.866. The van der Waals surface area contributed by atoms with Crippen molar-refractivity contribution in [3.63, 3.8) is 0 Å². The Balaban J connectivity index is 4.10. The van der Waals surface area contributed by atoms with Crippen molar-refractivity contribution in [1.82, 2.24) is 0 Å². The van der Waals surface area contributed by atoms with Crippen LogP contribution in [0.25, 0.3) is 0 Å². The summed E-state index contributed by atoms with van der Waals surface area (Å²) in [5.41, 5.74) is 0. The first-order valence-electron chi connectivity index (χ1n) is 3.96. The van der Waals surface area contributed by atoms with E-state index < -0.39 is 12.1 Å². The van der Waals surface area contributed by atoms with Crippen molar-refractivity contribution in [3.05, 3.63) is 0 Å². The minimum atomic E-state index is -0.956. The van der Waals surface area contributed by atoms with Gasteiger partial charge in [-0.1, -0.05) is 0 Å². The molecule has 0 heterocycles. The van der Waals surface area contributed by atoms with Crippen molar-refractivity contribution in [3.8, 4) is 0 Å². The number of likely N-dealkylation sites (N-methyl/N-ethyl adjacent to an activating group) is 1. The van der Waals surface area contributed by atoms with Gasteiger partial charge in [-0.25, -0.2) is 0 Å². The minimum absolute atomic E-state index is 0.0684. The van der Waals surface area contributed by atoms with Crippen LogP contribution in [0, 0.1) is 0 Å². The number of nitrogens with zero attached hydrogens (tertiary/aromatic N) is 1. The van der Waals surface area contributed by atoms with E-state index in [-0.39, 0.29) is 12.5 Å². The van der Waals surface area contributed by atoms with Gasteiger partial charge in [0.2, 0.25) is 0 Å². The molecule has 0 aromatic rings. The van der Waals surface area contributed by atoms with Crippen LogP contribution in [0.3, 0.4) is 0 Å². The summed E-state index contributed by atoms with van der Waals surface area (Å²) >= 11 is 0. The molecule has 0 aromatic carbocycles. The Morgan fingerprint density at radius 3 is 2.08 bits per heavy atom. The molecular formula is C8H18NO3+. The Bertz CT molecular complexity index is 162. The second-order valence-electron chi connectivity index (χ2n) is 4.02. The highest BCUT2D eigenvalue weighted by atomic mass is 16.4. The number of aliphatic hydroxyl groups is 1. The molecule has 0 fully saturated rings. The maximum Gasteiger partial charge on any atom is 0.306 e. The molecule has 72 valence electrons. The predicted octanol–water partition coefficient (Wildman–Crippen LogP) is -0.0833. The Hall–Kier alpha value is -0.610. The number of aliphatic hydroxyl groups excluding tert-OH is 1. The maximum atomic E-state index is 10.3. The number of rotatable bonds is 4. The van der Waals surface area contributed by atoms with Crippen LogP contribution >= 0.6 is 0 Å². The molecular weight excluding hydrogens is 158 g/mol. The summed E-state index contributed by atoms with van der Waals surface area (Å²) in [6.07, 6.45) is -0.959. The van der Waals surface area contributed by atoms with Crippen molar-refractivity contribution in [2.45, 2.75) is 25.5 Å². The van der Waals surface area contributed by atoms with Crippen LogP contribution in [-0.4, -0.2) is 54.0 Å². The van der Waals surface area contributed by atoms with Crippen molar-refractivity contribution in [1.29, 1.82) is 0 Å². The van der Waals surface area contributed by atoms with Crippen LogP contribution < -0.4 is 0 Å². The Morgan fingerprint density at radius 2 is 1.83 bits per heavy atom. The topological polar surface area (TPSA) is 57.5 Å². The second-order valence-corrected chi connectivity index (χ2v) is 4.02. The third-order valence-electron chi connectivity index (χ3n) is 2.16. The van der Waals surface area contributed by atoms with E-state index in [2.05, 4.69) is 0 Å². The number of carboxylic acid groups (broad SMARTS) is 1. The summed E-state index contributed by atoms with van der Waals surface area (Å²) in [6, 6.07) is -0.0684. The lowest BCUT2D eigenvalue weighted by atomic mass is 10.1. The molecule has 0 spiro atoms. The summed E-state index contributed by atoms with van der Waals surface area (Å²) in [4.78, 5) is 10.3. The lowest BCUT2D eigenvalue weighted by molar-refractivity contribution is -0.897. The molecule has 0 aliphatic heterocycles. The summed E-state index contributed by atoms with van der Waals surface area (Å²) in [6.45, 7) is 1.84. The third-order valence-corrected chi connectivity index (χ3v) is 2.16. The molecule has 4 nitrogen and oxygen atoms in total. The molecule has 0 aliphatic rings. The molecule has 1 unspecified atom stereocenters. The highest BCUT2D eigenvalue weighted by Gasteiger charge is 2.28. The van der Waals surface area contributed by atoms with Crippen LogP contribution in [0.4, 0.5) is 0 Å². The number of aliphatic carboxylic acids is 1. The van der Waals surface area contributed by atoms with E-state index in [0.29, 0.717) is 4.48 Å². The van der Waals surface area contributed by atoms with Crippen molar-refractivity contribution < 1.29 is 19.5 Å². The molecule has 0 saturated carbocycles. The third kappa shape index (κ3) is 3.69. The molecule has 0 radical (unpaired) electrons. The van der Waals surface area contributed by atoms with Gasteiger partial charge in [0.05, 0.1) is 27.6 Å². The summed E-state index contributed by atoms with van der Waals surface area (Å²) in [5, 5.41) is 17.9. The summed E-state index contributed by atoms with van der Waals surface area (Å²) in [7, 11) is 5.78. The fraction of sp³-hybridized carbons (Fsp3) is 0.875. The monoisotopic (exact) mass is 176 g/mol. The van der Waals surface area contributed by atoms with Crippen molar-refractivity contribution >= 4 is 5.97 Å². The first-order valence-corrected chi connectivity index (χ1v) is 3.96. The van der Waals surface area contributed by atoms with Gasteiger partial charge in [0, 0.05) is 0 Å². The lowest BCUT2D eigenvalue weighted by Gasteiger charge is -2.34. The van der Waals surface area contributed by atoms with Gasteiger partial charge in [-0.05, 0) is 6.92 Å². The highest BCUT2D eigenvalue weighted by molar-refractivity contribution is 5.67. The van der Waals surface area contributed by atoms with Gasteiger partial charge in [-0.15, -0.1) is 0 Å². The molecule has 0 saturated heterocycles. The average molecular weight is 176 g/mol. The van der Waals surface area contributed by atoms with E-state index in [1.807, 2.05) is 28.1 Å². The number of hydrogen-bond acceptors (Lipinski definition) is 2. The molecule has 2 atom stereocenters. The molecule has 12 heavy (non-hydrogen) atoms. The van der Waals surface area contributed by atoms with Crippen LogP contribution in [0.15, 0.2) is 0 Å². The smallest absolute Gasteiger partial charge is 0.306 e. The quantitative estimate of drug-likeness (QED) is 0.589. The predicted molar refractivity (Wildman–Crippen MR) is 45.8 cm³/mol. The molecule has 0 amide bonds. The average Bonchev–Trinajstić information content (AvgIpc) is 1.82. The van der Waals surface area contributed by atoms with Gasteiger partial charge < -0.3 is 14.7 Å². The van der Waals surface area contributed by atoms with E-state index in [1.54, 1.807) is 0 Å². The largest absolute Gasteiger partial charge is 0.481 e. The van der Waals surface area contributed by atoms with Gasteiger partial charge in [-0.2, -0.15) is 0 Å². The van der Waals surface area contributed by atoms with Crippen LogP contribution in [0.5, 0.6) is 0 Å². The molecule has 0 aromatic heterocycles. The Morgan fingerprint density at radius 1 is 1.42 bits per heavy atom. The molecule has 0 aliphatic carbocycles. The normalized spacial score (nSPS) is 17.1. The zero-order valence-corrected chi connectivity index (χ0v) is 8.11. The zero-order chi connectivity index (χ0) is 9.94. The number of carboxylic acids is 1. The SMILES string of the molecule is CC([C@@H](O)CC(=O)O)[N+](C)(C)C. The van der Waals surface area contributed by atoms with Crippen LogP contribution in [-0.2, 0) is 4.79 Å². The molecule has 0 bridgehead atoms. The van der Waals surface area contributed by atoms with E-state index in [4.69, 9.17) is 5.11 Å². The van der Waals surface area contributed by atoms with Gasteiger partial charge in [0.25, 0.3) is 0 Å². The first-order chi connectivity index (χ1) is 5.25. The minimum Gasteiger partial charge on any atom is -0.481 e. The summed E-state index contributed by atoms with van der Waals surface area (Å²) in [5.74, 6) is -0.956. The number of carbonyl (C=O) groups is 1. The number of hydrogen-bond donors (Lipinski definition) is 2. The van der Waals surface area contributed by atoms with Gasteiger partial charge in [0.1, 0.15) is 12.1 Å². The molecule has 4 heteroatoms. The standard InChI is InChI=1S/C8H17NO3/c1-6(9(2,3)4)7(10)5-8(11)12/h6-7,10H,5H2,1-4H3/p+1/t6?,7-/m0/s1. The molecule has 0 rings (SSSR count). The Kier molecular flexibility index (Phi) is 3.67. The number of quaternary nitrogens is 1. The Labute approximate surface area is 73.0 Å². The van der Waals surface area contributed by atoms with Crippen LogP contribution in [0.2, 0.25) is 0 Å². The molecule has 2 N–H and O–H groups in total. The van der Waals surface area contributed by atoms with Gasteiger partial charge in [0.15, 0.2) is 0 Å². The first kappa shape index (κ1) is 11.4. The zero-order valence-electron chi connectivity index (χ0n) is 8.11. The van der Waals surface area contributed by atoms with Crippen LogP contribution in [0.1, 0.15) is 13.3 Å². The van der Waals surface area contributed by atoms with E-state index in [9.17, 15) is 9.90 Å². The van der Waals surface area contributed by atoms with E-state index >= 15 is 0 Å². The second kappa shape index (κ2) is 3.87. The van der Waals surface area contributed by atoms with E-state index in [0.717, 1.165) is 0 Å². The van der Waals surface area contributed by atoms with Crippen molar-refractivity contribution in [2.24, 2.45) is 0 Å². The highest BCUT2D eigenvalue weighted by Crippen LogP contribution is 2.09. The van der Waals surface area contributed by atoms with Crippen molar-refractivity contribution in [2.75, 3.05) is 21.1 Å². The summed E-state index contributed by atoms with van der Waals surface area (Å²) < 4.78 is 0.564. The fourth-order valence-electron chi connectivity index (χ4n) is 0.866. The van der Waals surface area contributed by atoms with E-state index in [1.165, 1.54) is 0 Å². The maximum absolute atomic E-state index is 10.3. The van der Waals surface area contributed by atoms with Gasteiger partial charge in [-0.3, -0.25) is 4.79 Å².